The van der Waals surface area contributed by atoms with Crippen molar-refractivity contribution in [1.82, 2.24) is 4.90 Å². The number of benzene rings is 1. The molecule has 1 unspecified atom stereocenters. The zero-order valence-electron chi connectivity index (χ0n) is 13.7. The van der Waals surface area contributed by atoms with Crippen molar-refractivity contribution in [3.8, 4) is 5.75 Å². The van der Waals surface area contributed by atoms with E-state index in [1.807, 2.05) is 23.5 Å². The number of phenolic OH excluding ortho intramolecular Hbond substituents is 1. The van der Waals surface area contributed by atoms with E-state index in [0.717, 1.165) is 32.2 Å². The van der Waals surface area contributed by atoms with Crippen LogP contribution in [0.25, 0.3) is 0 Å². The monoisotopic (exact) mass is 351 g/mol. The van der Waals surface area contributed by atoms with Crippen molar-refractivity contribution in [3.05, 3.63) is 51.7 Å². The molecule has 1 atom stereocenters. The maximum absolute atomic E-state index is 10.0. The van der Waals surface area contributed by atoms with E-state index in [-0.39, 0.29) is 12.4 Å². The van der Waals surface area contributed by atoms with Gasteiger partial charge in [-0.05, 0) is 67.3 Å². The van der Waals surface area contributed by atoms with Crippen LogP contribution in [0.5, 0.6) is 5.75 Å². The maximum Gasteiger partial charge on any atom is 0.119 e. The number of fused-ring (bicyclic) bond motifs is 1. The van der Waals surface area contributed by atoms with Crippen LogP contribution in [0, 0.1) is 0 Å². The number of thiophene rings is 1. The number of aromatic hydroxyl groups is 1. The molecular weight excluding hydrogens is 326 g/mol. The minimum Gasteiger partial charge on any atom is -0.508 e. The molecule has 0 fully saturated rings. The lowest BCUT2D eigenvalue weighted by Crippen LogP contribution is -2.41. The SMILES string of the molecule is CCCN(CCc1cccs1)C1CCc2c(O)cccc2C1.Cl. The van der Waals surface area contributed by atoms with Crippen molar-refractivity contribution in [3.63, 3.8) is 0 Å². The predicted octanol–water partition coefficient (Wildman–Crippen LogP) is 4.69. The Morgan fingerprint density at radius 3 is 2.83 bits per heavy atom. The molecule has 3 rings (SSSR count). The van der Waals surface area contributed by atoms with E-state index in [0.29, 0.717) is 11.8 Å². The van der Waals surface area contributed by atoms with Crippen LogP contribution in [-0.2, 0) is 19.3 Å². The lowest BCUT2D eigenvalue weighted by Gasteiger charge is -2.35. The first-order chi connectivity index (χ1) is 10.8. The van der Waals surface area contributed by atoms with E-state index in [9.17, 15) is 5.11 Å². The van der Waals surface area contributed by atoms with Gasteiger partial charge in [0.1, 0.15) is 5.75 Å². The Bertz CT molecular complexity index is 599. The van der Waals surface area contributed by atoms with Crippen molar-refractivity contribution in [2.45, 2.75) is 45.1 Å². The van der Waals surface area contributed by atoms with E-state index in [2.05, 4.69) is 35.4 Å². The summed E-state index contributed by atoms with van der Waals surface area (Å²) >= 11 is 1.86. The summed E-state index contributed by atoms with van der Waals surface area (Å²) in [5, 5.41) is 12.2. The molecule has 0 aliphatic heterocycles. The fourth-order valence-corrected chi connectivity index (χ4v) is 4.25. The van der Waals surface area contributed by atoms with Crippen LogP contribution in [-0.4, -0.2) is 29.1 Å². The molecule has 0 spiro atoms. The minimum atomic E-state index is 0. The molecule has 1 aromatic carbocycles. The zero-order valence-corrected chi connectivity index (χ0v) is 15.3. The van der Waals surface area contributed by atoms with Crippen LogP contribution in [0.1, 0.15) is 35.8 Å². The molecule has 1 N–H and O–H groups in total. The molecule has 1 heterocycles. The highest BCUT2D eigenvalue weighted by Crippen LogP contribution is 2.30. The Balaban J connectivity index is 0.00000192. The zero-order chi connectivity index (χ0) is 15.4. The molecule has 1 aliphatic rings. The minimum absolute atomic E-state index is 0. The van der Waals surface area contributed by atoms with Crippen LogP contribution in [0.15, 0.2) is 35.7 Å². The van der Waals surface area contributed by atoms with Gasteiger partial charge in [-0.1, -0.05) is 25.1 Å². The lowest BCUT2D eigenvalue weighted by atomic mass is 9.86. The fraction of sp³-hybridized carbons (Fsp3) is 0.474. The average molecular weight is 352 g/mol. The second-order valence-corrected chi connectivity index (χ2v) is 7.21. The highest BCUT2D eigenvalue weighted by molar-refractivity contribution is 7.09. The Morgan fingerprint density at radius 1 is 1.22 bits per heavy atom. The summed E-state index contributed by atoms with van der Waals surface area (Å²) in [5.41, 5.74) is 2.52. The van der Waals surface area contributed by atoms with Crippen LogP contribution >= 0.6 is 23.7 Å². The quantitative estimate of drug-likeness (QED) is 0.816. The van der Waals surface area contributed by atoms with Crippen molar-refractivity contribution in [2.24, 2.45) is 0 Å². The molecule has 0 saturated carbocycles. The van der Waals surface area contributed by atoms with Gasteiger partial charge in [-0.2, -0.15) is 0 Å². The second kappa shape index (κ2) is 8.72. The first-order valence-electron chi connectivity index (χ1n) is 8.34. The molecule has 1 aliphatic carbocycles. The summed E-state index contributed by atoms with van der Waals surface area (Å²) in [5.74, 6) is 0.483. The number of nitrogens with zero attached hydrogens (tertiary/aromatic N) is 1. The van der Waals surface area contributed by atoms with Crippen LogP contribution in [0.2, 0.25) is 0 Å². The number of hydrogen-bond acceptors (Lipinski definition) is 3. The molecule has 23 heavy (non-hydrogen) atoms. The number of phenols is 1. The number of hydrogen-bond donors (Lipinski definition) is 1. The second-order valence-electron chi connectivity index (χ2n) is 6.18. The Kier molecular flexibility index (Phi) is 6.94. The number of halogens is 1. The van der Waals surface area contributed by atoms with Crippen molar-refractivity contribution >= 4 is 23.7 Å². The predicted molar refractivity (Wildman–Crippen MR) is 101 cm³/mol. The van der Waals surface area contributed by atoms with Gasteiger partial charge >= 0.3 is 0 Å². The van der Waals surface area contributed by atoms with E-state index in [1.165, 1.54) is 29.0 Å². The van der Waals surface area contributed by atoms with Crippen molar-refractivity contribution in [2.75, 3.05) is 13.1 Å². The smallest absolute Gasteiger partial charge is 0.119 e. The lowest BCUT2D eigenvalue weighted by molar-refractivity contribution is 0.181. The molecule has 1 aromatic heterocycles. The highest BCUT2D eigenvalue weighted by Gasteiger charge is 2.25. The third-order valence-corrected chi connectivity index (χ3v) is 5.62. The molecule has 0 radical (unpaired) electrons. The first kappa shape index (κ1) is 18.3. The normalized spacial score (nSPS) is 16.9. The molecule has 2 nitrogen and oxygen atoms in total. The largest absolute Gasteiger partial charge is 0.508 e. The standard InChI is InChI=1S/C19H25NOS.ClH/c1-2-11-20(12-10-17-6-4-13-22-17)16-8-9-18-15(14-16)5-3-7-19(18)21;/h3-7,13,16,21H,2,8-12,14H2,1H3;1H. The van der Waals surface area contributed by atoms with Gasteiger partial charge in [0.05, 0.1) is 0 Å². The molecule has 4 heteroatoms. The molecule has 0 saturated heterocycles. The molecule has 2 aromatic rings. The summed E-state index contributed by atoms with van der Waals surface area (Å²) in [6, 6.07) is 11.0. The fourth-order valence-electron chi connectivity index (χ4n) is 3.55. The summed E-state index contributed by atoms with van der Waals surface area (Å²) in [4.78, 5) is 4.14. The third kappa shape index (κ3) is 4.50. The summed E-state index contributed by atoms with van der Waals surface area (Å²) in [7, 11) is 0. The first-order valence-corrected chi connectivity index (χ1v) is 9.22. The van der Waals surface area contributed by atoms with Crippen LogP contribution in [0.4, 0.5) is 0 Å². The summed E-state index contributed by atoms with van der Waals surface area (Å²) in [6.07, 6.45) is 5.60. The van der Waals surface area contributed by atoms with Gasteiger partial charge in [0.15, 0.2) is 0 Å². The molecule has 0 amide bonds. The number of rotatable bonds is 6. The van der Waals surface area contributed by atoms with Gasteiger partial charge in [-0.3, -0.25) is 4.90 Å². The van der Waals surface area contributed by atoms with Crippen LogP contribution in [0.3, 0.4) is 0 Å². The Labute approximate surface area is 149 Å². The Hall–Kier alpha value is -1.03. The molecule has 126 valence electrons. The van der Waals surface area contributed by atoms with Gasteiger partial charge < -0.3 is 5.11 Å². The summed E-state index contributed by atoms with van der Waals surface area (Å²) < 4.78 is 0. The maximum atomic E-state index is 10.0. The van der Waals surface area contributed by atoms with E-state index >= 15 is 0 Å². The Morgan fingerprint density at radius 2 is 2.09 bits per heavy atom. The molecule has 0 bridgehead atoms. The van der Waals surface area contributed by atoms with Gasteiger partial charge in [0, 0.05) is 17.5 Å². The topological polar surface area (TPSA) is 23.5 Å². The van der Waals surface area contributed by atoms with Gasteiger partial charge in [-0.15, -0.1) is 23.7 Å². The molecular formula is C19H26ClNOS. The van der Waals surface area contributed by atoms with E-state index in [1.54, 1.807) is 0 Å². The van der Waals surface area contributed by atoms with E-state index in [4.69, 9.17) is 0 Å². The summed E-state index contributed by atoms with van der Waals surface area (Å²) in [6.45, 7) is 4.58. The van der Waals surface area contributed by atoms with Crippen LogP contribution < -0.4 is 0 Å². The van der Waals surface area contributed by atoms with Gasteiger partial charge in [-0.25, -0.2) is 0 Å². The third-order valence-electron chi connectivity index (χ3n) is 4.68. The average Bonchev–Trinajstić information content (AvgIpc) is 3.05. The van der Waals surface area contributed by atoms with Gasteiger partial charge in [0.25, 0.3) is 0 Å². The van der Waals surface area contributed by atoms with Crippen molar-refractivity contribution < 1.29 is 5.11 Å². The highest BCUT2D eigenvalue weighted by atomic mass is 35.5. The van der Waals surface area contributed by atoms with Gasteiger partial charge in [0.2, 0.25) is 0 Å². The van der Waals surface area contributed by atoms with Crippen molar-refractivity contribution in [1.29, 1.82) is 0 Å². The van der Waals surface area contributed by atoms with E-state index < -0.39 is 0 Å².